The molecule has 0 spiro atoms. The highest BCUT2D eigenvalue weighted by Crippen LogP contribution is 2.11. The average Bonchev–Trinajstić information content (AvgIpc) is 1.82. The molecule has 2 nitrogen and oxygen atoms in total. The molecule has 11 heavy (non-hydrogen) atoms. The molecular weight excluding hydrogens is 140 g/mol. The molecule has 0 aliphatic carbocycles. The molecule has 1 atom stereocenters. The number of rotatable bonds is 2. The van der Waals surface area contributed by atoms with Gasteiger partial charge >= 0.3 is 5.97 Å². The first kappa shape index (κ1) is 10.2. The maximum absolute atomic E-state index is 11.1. The Morgan fingerprint density at radius 2 is 2.00 bits per heavy atom. The van der Waals surface area contributed by atoms with E-state index in [4.69, 9.17) is 4.74 Å². The van der Waals surface area contributed by atoms with E-state index in [9.17, 15) is 4.79 Å². The summed E-state index contributed by atoms with van der Waals surface area (Å²) in [4.78, 5) is 11.1. The van der Waals surface area contributed by atoms with E-state index in [1.807, 2.05) is 20.8 Å². The van der Waals surface area contributed by atoms with Crippen LogP contribution in [0.4, 0.5) is 0 Å². The van der Waals surface area contributed by atoms with Gasteiger partial charge in [0, 0.05) is 0 Å². The lowest BCUT2D eigenvalue weighted by atomic mass is 10.1. The Hall–Kier alpha value is -0.790. The molecule has 0 fully saturated rings. The predicted molar refractivity (Wildman–Crippen MR) is 45.2 cm³/mol. The van der Waals surface area contributed by atoms with Crippen LogP contribution in [0.25, 0.3) is 0 Å². The van der Waals surface area contributed by atoms with Crippen molar-refractivity contribution in [2.75, 3.05) is 0 Å². The summed E-state index contributed by atoms with van der Waals surface area (Å²) >= 11 is 0. The van der Waals surface area contributed by atoms with Gasteiger partial charge in [-0.15, -0.1) is 6.58 Å². The molecular formula is C9H16O2. The van der Waals surface area contributed by atoms with E-state index < -0.39 is 5.60 Å². The van der Waals surface area contributed by atoms with Gasteiger partial charge in [0.05, 0.1) is 5.92 Å². The fraction of sp³-hybridized carbons (Fsp3) is 0.667. The highest BCUT2D eigenvalue weighted by Gasteiger charge is 2.19. The summed E-state index contributed by atoms with van der Waals surface area (Å²) in [6, 6.07) is 0. The van der Waals surface area contributed by atoms with Gasteiger partial charge in [-0.3, -0.25) is 4.79 Å². The minimum absolute atomic E-state index is 0.214. The van der Waals surface area contributed by atoms with Gasteiger partial charge in [0.25, 0.3) is 0 Å². The third-order valence-corrected chi connectivity index (χ3v) is 1.13. The lowest BCUT2D eigenvalue weighted by molar-refractivity contribution is -0.157. The van der Waals surface area contributed by atoms with Crippen LogP contribution in [0.5, 0.6) is 0 Å². The molecule has 64 valence electrons. The Kier molecular flexibility index (Phi) is 3.30. The Balaban J connectivity index is 3.98. The minimum Gasteiger partial charge on any atom is -0.460 e. The van der Waals surface area contributed by atoms with Crippen molar-refractivity contribution in [3.63, 3.8) is 0 Å². The second-order valence-electron chi connectivity index (χ2n) is 3.56. The standard InChI is InChI=1S/C9H16O2/c1-6-7(2)8(10)11-9(3,4)5/h6-7H,1H2,2-5H3/t7-/m1/s1. The third kappa shape index (κ3) is 4.59. The number of carbonyl (C=O) groups excluding carboxylic acids is 1. The fourth-order valence-corrected chi connectivity index (χ4v) is 0.491. The van der Waals surface area contributed by atoms with Gasteiger partial charge in [0.15, 0.2) is 0 Å². The number of esters is 1. The lowest BCUT2D eigenvalue weighted by Crippen LogP contribution is -2.26. The SMILES string of the molecule is C=C[C@@H](C)C(=O)OC(C)(C)C. The van der Waals surface area contributed by atoms with E-state index in [1.165, 1.54) is 0 Å². The summed E-state index contributed by atoms with van der Waals surface area (Å²) in [6.07, 6.45) is 1.58. The van der Waals surface area contributed by atoms with E-state index in [0.717, 1.165) is 0 Å². The van der Waals surface area contributed by atoms with Gasteiger partial charge in [0.2, 0.25) is 0 Å². The molecule has 0 aromatic heterocycles. The molecule has 0 aliphatic rings. The van der Waals surface area contributed by atoms with Crippen LogP contribution in [-0.4, -0.2) is 11.6 Å². The molecule has 0 saturated heterocycles. The first-order valence-electron chi connectivity index (χ1n) is 3.72. The maximum atomic E-state index is 11.1. The first-order valence-corrected chi connectivity index (χ1v) is 3.72. The second kappa shape index (κ2) is 3.56. The van der Waals surface area contributed by atoms with Crippen molar-refractivity contribution >= 4 is 5.97 Å². The number of carbonyl (C=O) groups is 1. The van der Waals surface area contributed by atoms with Gasteiger partial charge in [-0.25, -0.2) is 0 Å². The average molecular weight is 156 g/mol. The molecule has 0 N–H and O–H groups in total. The van der Waals surface area contributed by atoms with Crippen molar-refractivity contribution < 1.29 is 9.53 Å². The van der Waals surface area contributed by atoms with Gasteiger partial charge in [-0.1, -0.05) is 6.08 Å². The van der Waals surface area contributed by atoms with Crippen LogP contribution in [0.3, 0.4) is 0 Å². The molecule has 0 aromatic carbocycles. The van der Waals surface area contributed by atoms with Gasteiger partial charge in [0.1, 0.15) is 5.60 Å². The van der Waals surface area contributed by atoms with E-state index >= 15 is 0 Å². The van der Waals surface area contributed by atoms with Crippen molar-refractivity contribution in [1.29, 1.82) is 0 Å². The zero-order valence-electron chi connectivity index (χ0n) is 7.68. The van der Waals surface area contributed by atoms with Crippen LogP contribution in [0, 0.1) is 5.92 Å². The number of hydrogen-bond acceptors (Lipinski definition) is 2. The van der Waals surface area contributed by atoms with Gasteiger partial charge in [-0.05, 0) is 27.7 Å². The summed E-state index contributed by atoms with van der Waals surface area (Å²) in [5, 5.41) is 0. The van der Waals surface area contributed by atoms with E-state index in [2.05, 4.69) is 6.58 Å². The largest absolute Gasteiger partial charge is 0.460 e. The molecule has 0 rings (SSSR count). The Morgan fingerprint density at radius 1 is 1.55 bits per heavy atom. The topological polar surface area (TPSA) is 26.3 Å². The van der Waals surface area contributed by atoms with Crippen molar-refractivity contribution in [3.05, 3.63) is 12.7 Å². The van der Waals surface area contributed by atoms with E-state index in [1.54, 1.807) is 13.0 Å². The smallest absolute Gasteiger partial charge is 0.313 e. The normalized spacial score (nSPS) is 13.8. The van der Waals surface area contributed by atoms with Crippen molar-refractivity contribution in [2.45, 2.75) is 33.3 Å². The summed E-state index contributed by atoms with van der Waals surface area (Å²) in [6.45, 7) is 10.8. The van der Waals surface area contributed by atoms with E-state index in [0.29, 0.717) is 0 Å². The first-order chi connectivity index (χ1) is 4.87. The molecule has 0 aromatic rings. The number of ether oxygens (including phenoxy) is 1. The van der Waals surface area contributed by atoms with Gasteiger partial charge in [-0.2, -0.15) is 0 Å². The zero-order chi connectivity index (χ0) is 9.07. The van der Waals surface area contributed by atoms with E-state index in [-0.39, 0.29) is 11.9 Å². The van der Waals surface area contributed by atoms with Crippen LogP contribution in [0.1, 0.15) is 27.7 Å². The maximum Gasteiger partial charge on any atom is 0.313 e. The van der Waals surface area contributed by atoms with Crippen LogP contribution in [-0.2, 0) is 9.53 Å². The Labute approximate surface area is 68.2 Å². The molecule has 0 heterocycles. The molecule has 0 bridgehead atoms. The van der Waals surface area contributed by atoms with Crippen molar-refractivity contribution in [3.8, 4) is 0 Å². The Bertz CT molecular complexity index is 153. The predicted octanol–water partition coefficient (Wildman–Crippen LogP) is 2.15. The molecule has 0 unspecified atom stereocenters. The summed E-state index contributed by atoms with van der Waals surface area (Å²) in [5.41, 5.74) is -0.394. The minimum atomic E-state index is -0.394. The summed E-state index contributed by atoms with van der Waals surface area (Å²) in [5.74, 6) is -0.429. The molecule has 2 heteroatoms. The lowest BCUT2D eigenvalue weighted by Gasteiger charge is -2.20. The van der Waals surface area contributed by atoms with Crippen molar-refractivity contribution in [1.82, 2.24) is 0 Å². The molecule has 0 radical (unpaired) electrons. The Morgan fingerprint density at radius 3 is 2.27 bits per heavy atom. The van der Waals surface area contributed by atoms with Crippen molar-refractivity contribution in [2.24, 2.45) is 5.92 Å². The van der Waals surface area contributed by atoms with Crippen LogP contribution < -0.4 is 0 Å². The van der Waals surface area contributed by atoms with Crippen LogP contribution >= 0.6 is 0 Å². The highest BCUT2D eigenvalue weighted by molar-refractivity contribution is 5.74. The van der Waals surface area contributed by atoms with Gasteiger partial charge < -0.3 is 4.74 Å². The third-order valence-electron chi connectivity index (χ3n) is 1.13. The quantitative estimate of drug-likeness (QED) is 0.452. The molecule has 0 saturated carbocycles. The monoisotopic (exact) mass is 156 g/mol. The van der Waals surface area contributed by atoms with Crippen LogP contribution in [0.15, 0.2) is 12.7 Å². The zero-order valence-corrected chi connectivity index (χ0v) is 7.68. The second-order valence-corrected chi connectivity index (χ2v) is 3.56. The summed E-state index contributed by atoms with van der Waals surface area (Å²) in [7, 11) is 0. The summed E-state index contributed by atoms with van der Waals surface area (Å²) < 4.78 is 5.08. The fourth-order valence-electron chi connectivity index (χ4n) is 0.491. The molecule has 0 aliphatic heterocycles. The van der Waals surface area contributed by atoms with Crippen LogP contribution in [0.2, 0.25) is 0 Å². The number of hydrogen-bond donors (Lipinski definition) is 0. The molecule has 0 amide bonds. The highest BCUT2D eigenvalue weighted by atomic mass is 16.6.